The number of ether oxygens (including phenoxy) is 1. The second kappa shape index (κ2) is 6.90. The minimum Gasteiger partial charge on any atom is -0.489 e. The van der Waals surface area contributed by atoms with Crippen LogP contribution in [0.15, 0.2) is 39.4 Å². The molecule has 20 heavy (non-hydrogen) atoms. The third-order valence-corrected chi connectivity index (χ3v) is 3.40. The highest BCUT2D eigenvalue weighted by Crippen LogP contribution is 2.23. The molecule has 2 aromatic rings. The minimum absolute atomic E-state index is 0.303. The van der Waals surface area contributed by atoms with Gasteiger partial charge in [-0.25, -0.2) is 4.39 Å². The van der Waals surface area contributed by atoms with Crippen LogP contribution in [0.25, 0.3) is 0 Å². The summed E-state index contributed by atoms with van der Waals surface area (Å²) in [6.45, 7) is 5.21. The number of halogens is 2. The Morgan fingerprint density at radius 3 is 2.85 bits per heavy atom. The van der Waals surface area contributed by atoms with Crippen LogP contribution in [-0.4, -0.2) is 6.04 Å². The fourth-order valence-electron chi connectivity index (χ4n) is 1.68. The third kappa shape index (κ3) is 4.08. The maximum Gasteiger partial charge on any atom is 0.137 e. The largest absolute Gasteiger partial charge is 0.489 e. The highest BCUT2D eigenvalue weighted by Gasteiger charge is 2.08. The fraction of sp³-hybridized carbons (Fsp3) is 0.333. The van der Waals surface area contributed by atoms with Crippen molar-refractivity contribution in [2.24, 2.45) is 0 Å². The zero-order chi connectivity index (χ0) is 14.5. The normalized spacial score (nSPS) is 11.1. The van der Waals surface area contributed by atoms with Gasteiger partial charge in [-0.15, -0.1) is 0 Å². The van der Waals surface area contributed by atoms with E-state index in [1.807, 2.05) is 6.07 Å². The second-order valence-corrected chi connectivity index (χ2v) is 5.62. The molecule has 1 aromatic heterocycles. The number of furan rings is 1. The van der Waals surface area contributed by atoms with E-state index >= 15 is 0 Å². The lowest BCUT2D eigenvalue weighted by atomic mass is 10.2. The van der Waals surface area contributed by atoms with Gasteiger partial charge in [0.15, 0.2) is 0 Å². The van der Waals surface area contributed by atoms with Crippen LogP contribution in [0.4, 0.5) is 4.39 Å². The molecule has 0 bridgehead atoms. The smallest absolute Gasteiger partial charge is 0.137 e. The summed E-state index contributed by atoms with van der Waals surface area (Å²) in [7, 11) is 0. The molecule has 1 aromatic carbocycles. The van der Waals surface area contributed by atoms with Crippen molar-refractivity contribution in [3.8, 4) is 5.75 Å². The van der Waals surface area contributed by atoms with Crippen LogP contribution < -0.4 is 10.1 Å². The van der Waals surface area contributed by atoms with Gasteiger partial charge in [0.2, 0.25) is 0 Å². The Labute approximate surface area is 126 Å². The molecule has 0 radical (unpaired) electrons. The second-order valence-electron chi connectivity index (χ2n) is 4.77. The summed E-state index contributed by atoms with van der Waals surface area (Å²) in [5, 5.41) is 3.30. The molecule has 1 heterocycles. The lowest BCUT2D eigenvalue weighted by molar-refractivity contribution is 0.300. The van der Waals surface area contributed by atoms with E-state index in [2.05, 4.69) is 35.1 Å². The van der Waals surface area contributed by atoms with Gasteiger partial charge in [0.05, 0.1) is 17.3 Å². The predicted molar refractivity (Wildman–Crippen MR) is 79.1 cm³/mol. The molecular weight excluding hydrogens is 325 g/mol. The molecule has 0 amide bonds. The van der Waals surface area contributed by atoms with Gasteiger partial charge < -0.3 is 14.5 Å². The molecule has 0 saturated heterocycles. The summed E-state index contributed by atoms with van der Waals surface area (Å²) in [5.74, 6) is 1.17. The van der Waals surface area contributed by atoms with Gasteiger partial charge in [-0.05, 0) is 40.2 Å². The quantitative estimate of drug-likeness (QED) is 0.852. The lowest BCUT2D eigenvalue weighted by Gasteiger charge is -2.09. The van der Waals surface area contributed by atoms with Crippen LogP contribution >= 0.6 is 15.9 Å². The van der Waals surface area contributed by atoms with Crippen LogP contribution in [0.2, 0.25) is 0 Å². The first-order valence-electron chi connectivity index (χ1n) is 6.42. The molecule has 0 aliphatic carbocycles. The Morgan fingerprint density at radius 1 is 1.35 bits per heavy atom. The summed E-state index contributed by atoms with van der Waals surface area (Å²) >= 11 is 3.14. The van der Waals surface area contributed by atoms with Gasteiger partial charge in [-0.3, -0.25) is 0 Å². The number of nitrogens with one attached hydrogen (secondary N) is 1. The molecule has 108 valence electrons. The monoisotopic (exact) mass is 341 g/mol. The highest BCUT2D eigenvalue weighted by molar-refractivity contribution is 9.10. The Balaban J connectivity index is 1.96. The van der Waals surface area contributed by atoms with E-state index in [1.165, 1.54) is 6.07 Å². The van der Waals surface area contributed by atoms with Crippen molar-refractivity contribution in [3.63, 3.8) is 0 Å². The molecule has 0 spiro atoms. The van der Waals surface area contributed by atoms with E-state index in [4.69, 9.17) is 9.15 Å². The van der Waals surface area contributed by atoms with E-state index in [9.17, 15) is 4.39 Å². The molecular formula is C15H17BrFNO2. The van der Waals surface area contributed by atoms with Crippen LogP contribution in [-0.2, 0) is 13.2 Å². The lowest BCUT2D eigenvalue weighted by Crippen LogP contribution is -2.22. The minimum atomic E-state index is -0.303. The molecule has 0 unspecified atom stereocenters. The van der Waals surface area contributed by atoms with Crippen LogP contribution in [0.1, 0.15) is 25.2 Å². The summed E-state index contributed by atoms with van der Waals surface area (Å²) < 4.78 is 24.6. The van der Waals surface area contributed by atoms with Crippen molar-refractivity contribution in [1.82, 2.24) is 5.32 Å². The number of rotatable bonds is 6. The molecule has 0 aliphatic heterocycles. The Bertz CT molecular complexity index is 569. The molecule has 5 heteroatoms. The van der Waals surface area contributed by atoms with Crippen molar-refractivity contribution >= 4 is 15.9 Å². The molecule has 1 N–H and O–H groups in total. The summed E-state index contributed by atoms with van der Waals surface area (Å²) in [6.07, 6.45) is 1.65. The molecule has 0 aliphatic rings. The van der Waals surface area contributed by atoms with Gasteiger partial charge in [-0.2, -0.15) is 0 Å². The van der Waals surface area contributed by atoms with Crippen molar-refractivity contribution in [2.75, 3.05) is 0 Å². The van der Waals surface area contributed by atoms with E-state index < -0.39 is 0 Å². The van der Waals surface area contributed by atoms with Gasteiger partial charge >= 0.3 is 0 Å². The van der Waals surface area contributed by atoms with Crippen molar-refractivity contribution in [1.29, 1.82) is 0 Å². The van der Waals surface area contributed by atoms with Crippen LogP contribution in [0, 0.1) is 5.82 Å². The number of hydrogen-bond donors (Lipinski definition) is 1. The van der Waals surface area contributed by atoms with Gasteiger partial charge in [0.1, 0.15) is 23.9 Å². The van der Waals surface area contributed by atoms with Gasteiger partial charge in [0, 0.05) is 11.6 Å². The third-order valence-electron chi connectivity index (χ3n) is 2.79. The van der Waals surface area contributed by atoms with Crippen LogP contribution in [0.3, 0.4) is 0 Å². The maximum absolute atomic E-state index is 13.1. The SMILES string of the molecule is CC(C)NCc1occc1COc1ccc(F)c(Br)c1. The van der Waals surface area contributed by atoms with E-state index in [0.717, 1.165) is 11.3 Å². The first-order chi connectivity index (χ1) is 9.56. The first kappa shape index (κ1) is 15.1. The summed E-state index contributed by atoms with van der Waals surface area (Å²) in [5.41, 5.74) is 0.985. The van der Waals surface area contributed by atoms with E-state index in [-0.39, 0.29) is 5.82 Å². The van der Waals surface area contributed by atoms with Crippen LogP contribution in [0.5, 0.6) is 5.75 Å². The summed E-state index contributed by atoms with van der Waals surface area (Å²) in [4.78, 5) is 0. The predicted octanol–water partition coefficient (Wildman–Crippen LogP) is 4.26. The first-order valence-corrected chi connectivity index (χ1v) is 7.22. The zero-order valence-electron chi connectivity index (χ0n) is 11.5. The van der Waals surface area contributed by atoms with Crippen molar-refractivity contribution in [3.05, 3.63) is 52.1 Å². The Hall–Kier alpha value is -1.33. The maximum atomic E-state index is 13.1. The zero-order valence-corrected chi connectivity index (χ0v) is 13.0. The Morgan fingerprint density at radius 2 is 2.15 bits per heavy atom. The van der Waals surface area contributed by atoms with Crippen molar-refractivity contribution in [2.45, 2.75) is 33.0 Å². The molecule has 3 nitrogen and oxygen atoms in total. The Kier molecular flexibility index (Phi) is 5.20. The molecule has 0 atom stereocenters. The van der Waals surface area contributed by atoms with E-state index in [0.29, 0.717) is 29.4 Å². The van der Waals surface area contributed by atoms with Crippen molar-refractivity contribution < 1.29 is 13.5 Å². The highest BCUT2D eigenvalue weighted by atomic mass is 79.9. The van der Waals surface area contributed by atoms with Gasteiger partial charge in [-0.1, -0.05) is 13.8 Å². The standard InChI is InChI=1S/C15H17BrFNO2/c1-10(2)18-8-15-11(5-6-19-15)9-20-12-3-4-14(17)13(16)7-12/h3-7,10,18H,8-9H2,1-2H3. The average Bonchev–Trinajstić information content (AvgIpc) is 2.85. The van der Waals surface area contributed by atoms with Gasteiger partial charge in [0.25, 0.3) is 0 Å². The average molecular weight is 342 g/mol. The molecule has 0 saturated carbocycles. The summed E-state index contributed by atoms with van der Waals surface area (Å²) in [6, 6.07) is 6.86. The van der Waals surface area contributed by atoms with E-state index in [1.54, 1.807) is 18.4 Å². The number of hydrogen-bond acceptors (Lipinski definition) is 3. The molecule has 2 rings (SSSR count). The molecule has 0 fully saturated rings. The fourth-order valence-corrected chi connectivity index (χ4v) is 2.03. The number of benzene rings is 1. The topological polar surface area (TPSA) is 34.4 Å².